The third-order valence-corrected chi connectivity index (χ3v) is 3.58. The summed E-state index contributed by atoms with van der Waals surface area (Å²) >= 11 is 1.58. The van der Waals surface area contributed by atoms with Crippen LogP contribution in [0.2, 0.25) is 0 Å². The number of aromatic nitrogens is 2. The van der Waals surface area contributed by atoms with Crippen LogP contribution in [0.5, 0.6) is 0 Å². The van der Waals surface area contributed by atoms with Crippen molar-refractivity contribution >= 4 is 22.2 Å². The molecule has 5 nitrogen and oxygen atoms in total. The highest BCUT2D eigenvalue weighted by molar-refractivity contribution is 7.15. The molecule has 0 saturated carbocycles. The molecular weight excluding hydrogens is 238 g/mol. The van der Waals surface area contributed by atoms with Gasteiger partial charge in [-0.1, -0.05) is 0 Å². The van der Waals surface area contributed by atoms with E-state index >= 15 is 0 Å². The molecule has 1 fully saturated rings. The van der Waals surface area contributed by atoms with E-state index in [1.54, 1.807) is 11.3 Å². The highest BCUT2D eigenvalue weighted by Crippen LogP contribution is 2.13. The predicted octanol–water partition coefficient (Wildman–Crippen LogP) is 1.19. The van der Waals surface area contributed by atoms with Gasteiger partial charge in [-0.25, -0.2) is 4.98 Å². The monoisotopic (exact) mass is 251 g/mol. The number of fused-ring (bicyclic) bond motifs is 1. The summed E-state index contributed by atoms with van der Waals surface area (Å²) in [6, 6.07) is 0. The average molecular weight is 251 g/mol. The number of nitrogens with one attached hydrogen (secondary N) is 1. The topological polar surface area (TPSA) is 55.6 Å². The normalized spacial score (nSPS) is 19.9. The first-order valence-electron chi connectivity index (χ1n) is 5.63. The van der Waals surface area contributed by atoms with E-state index in [0.29, 0.717) is 13.2 Å². The van der Waals surface area contributed by atoms with Crippen LogP contribution in [-0.2, 0) is 16.1 Å². The Labute approximate surface area is 102 Å². The van der Waals surface area contributed by atoms with E-state index in [9.17, 15) is 4.79 Å². The van der Waals surface area contributed by atoms with E-state index in [1.165, 1.54) is 0 Å². The standard InChI is InChI=1S/C11H13N3O2S/c15-10(9-2-1-4-16-9)12-6-8-7-14-3-5-17-11(14)13-8/h3,5,7,9H,1-2,4,6H2,(H,12,15). The summed E-state index contributed by atoms with van der Waals surface area (Å²) in [4.78, 5) is 17.1. The second kappa shape index (κ2) is 4.46. The van der Waals surface area contributed by atoms with Crippen molar-refractivity contribution in [3.8, 4) is 0 Å². The number of carbonyl (C=O) groups excluding carboxylic acids is 1. The van der Waals surface area contributed by atoms with Gasteiger partial charge in [0, 0.05) is 24.4 Å². The van der Waals surface area contributed by atoms with Crippen LogP contribution in [-0.4, -0.2) is 28.0 Å². The minimum atomic E-state index is -0.265. The van der Waals surface area contributed by atoms with Crippen molar-refractivity contribution in [3.05, 3.63) is 23.5 Å². The van der Waals surface area contributed by atoms with Crippen molar-refractivity contribution in [1.82, 2.24) is 14.7 Å². The zero-order valence-corrected chi connectivity index (χ0v) is 10.1. The molecule has 2 aromatic heterocycles. The maximum atomic E-state index is 11.7. The van der Waals surface area contributed by atoms with Crippen molar-refractivity contribution in [2.24, 2.45) is 0 Å². The lowest BCUT2D eigenvalue weighted by atomic mass is 10.2. The molecule has 0 bridgehead atoms. The average Bonchev–Trinajstić information content (AvgIpc) is 3.01. The summed E-state index contributed by atoms with van der Waals surface area (Å²) in [6.07, 6.45) is 5.42. The Morgan fingerprint density at radius 3 is 3.41 bits per heavy atom. The smallest absolute Gasteiger partial charge is 0.249 e. The van der Waals surface area contributed by atoms with Crippen LogP contribution in [0, 0.1) is 0 Å². The lowest BCUT2D eigenvalue weighted by molar-refractivity contribution is -0.130. The fourth-order valence-corrected chi connectivity index (χ4v) is 2.66. The number of imidazole rings is 1. The molecule has 6 heteroatoms. The van der Waals surface area contributed by atoms with Crippen LogP contribution in [0.4, 0.5) is 0 Å². The molecule has 1 saturated heterocycles. The van der Waals surface area contributed by atoms with Crippen molar-refractivity contribution in [3.63, 3.8) is 0 Å². The molecule has 1 amide bonds. The number of carbonyl (C=O) groups is 1. The van der Waals surface area contributed by atoms with Crippen LogP contribution in [0.15, 0.2) is 17.8 Å². The van der Waals surface area contributed by atoms with Gasteiger partial charge in [0.15, 0.2) is 4.96 Å². The van der Waals surface area contributed by atoms with Crippen molar-refractivity contribution in [2.75, 3.05) is 6.61 Å². The summed E-state index contributed by atoms with van der Waals surface area (Å²) < 4.78 is 7.27. The molecule has 3 rings (SSSR count). The van der Waals surface area contributed by atoms with E-state index in [1.807, 2.05) is 22.2 Å². The van der Waals surface area contributed by atoms with Crippen LogP contribution >= 0.6 is 11.3 Å². The van der Waals surface area contributed by atoms with Gasteiger partial charge in [0.2, 0.25) is 5.91 Å². The first kappa shape index (κ1) is 10.7. The number of amides is 1. The highest BCUT2D eigenvalue weighted by atomic mass is 32.1. The molecule has 90 valence electrons. The molecule has 3 heterocycles. The molecule has 1 atom stereocenters. The first-order chi connectivity index (χ1) is 8.33. The second-order valence-corrected chi connectivity index (χ2v) is 4.92. The van der Waals surface area contributed by atoms with Gasteiger partial charge in [0.25, 0.3) is 0 Å². The Bertz CT molecular complexity index is 499. The van der Waals surface area contributed by atoms with Gasteiger partial charge < -0.3 is 10.1 Å². The molecule has 1 unspecified atom stereocenters. The first-order valence-corrected chi connectivity index (χ1v) is 6.51. The maximum absolute atomic E-state index is 11.7. The Balaban J connectivity index is 1.60. The van der Waals surface area contributed by atoms with Gasteiger partial charge in [-0.3, -0.25) is 9.20 Å². The summed E-state index contributed by atoms with van der Waals surface area (Å²) in [6.45, 7) is 1.16. The zero-order valence-electron chi connectivity index (χ0n) is 9.26. The summed E-state index contributed by atoms with van der Waals surface area (Å²) in [5.41, 5.74) is 0.878. The van der Waals surface area contributed by atoms with E-state index in [0.717, 1.165) is 23.5 Å². The molecule has 0 radical (unpaired) electrons. The third-order valence-electron chi connectivity index (χ3n) is 2.81. The van der Waals surface area contributed by atoms with E-state index in [4.69, 9.17) is 4.74 Å². The second-order valence-electron chi connectivity index (χ2n) is 4.04. The lowest BCUT2D eigenvalue weighted by Crippen LogP contribution is -2.33. The van der Waals surface area contributed by atoms with Crippen molar-refractivity contribution in [1.29, 1.82) is 0 Å². The van der Waals surface area contributed by atoms with Crippen LogP contribution in [0.3, 0.4) is 0 Å². The van der Waals surface area contributed by atoms with Gasteiger partial charge >= 0.3 is 0 Å². The Morgan fingerprint density at radius 2 is 2.65 bits per heavy atom. The summed E-state index contributed by atoms with van der Waals surface area (Å²) in [5, 5.41) is 4.84. The van der Waals surface area contributed by atoms with Crippen LogP contribution < -0.4 is 5.32 Å². The van der Waals surface area contributed by atoms with Gasteiger partial charge in [0.1, 0.15) is 6.10 Å². The van der Waals surface area contributed by atoms with E-state index < -0.39 is 0 Å². The van der Waals surface area contributed by atoms with Crippen molar-refractivity contribution < 1.29 is 9.53 Å². The Hall–Kier alpha value is -1.40. The molecule has 0 spiro atoms. The van der Waals surface area contributed by atoms with Crippen molar-refractivity contribution in [2.45, 2.75) is 25.5 Å². The van der Waals surface area contributed by atoms with Gasteiger partial charge in [-0.05, 0) is 12.8 Å². The molecule has 0 aromatic carbocycles. The molecule has 17 heavy (non-hydrogen) atoms. The Kier molecular flexibility index (Phi) is 2.82. The fourth-order valence-electron chi connectivity index (χ4n) is 1.94. The quantitative estimate of drug-likeness (QED) is 0.891. The minimum Gasteiger partial charge on any atom is -0.368 e. The molecule has 1 N–H and O–H groups in total. The molecule has 1 aliphatic rings. The van der Waals surface area contributed by atoms with Gasteiger partial charge in [-0.2, -0.15) is 0 Å². The fraction of sp³-hybridized carbons (Fsp3) is 0.455. The van der Waals surface area contributed by atoms with E-state index in [2.05, 4.69) is 10.3 Å². The number of hydrogen-bond donors (Lipinski definition) is 1. The molecule has 2 aromatic rings. The Morgan fingerprint density at radius 1 is 1.71 bits per heavy atom. The minimum absolute atomic E-state index is 0.0288. The van der Waals surface area contributed by atoms with Gasteiger partial charge in [0.05, 0.1) is 12.2 Å². The number of thiazole rings is 1. The lowest BCUT2D eigenvalue weighted by Gasteiger charge is -2.08. The SMILES string of the molecule is O=C(NCc1cn2ccsc2n1)C1CCCO1. The van der Waals surface area contributed by atoms with Gasteiger partial charge in [-0.15, -0.1) is 11.3 Å². The molecular formula is C11H13N3O2S. The van der Waals surface area contributed by atoms with Crippen LogP contribution in [0.25, 0.3) is 4.96 Å². The summed E-state index contributed by atoms with van der Waals surface area (Å²) in [5.74, 6) is -0.0288. The third kappa shape index (κ3) is 2.18. The van der Waals surface area contributed by atoms with E-state index in [-0.39, 0.29) is 12.0 Å². The number of ether oxygens (including phenoxy) is 1. The highest BCUT2D eigenvalue weighted by Gasteiger charge is 2.23. The van der Waals surface area contributed by atoms with Crippen LogP contribution in [0.1, 0.15) is 18.5 Å². The number of rotatable bonds is 3. The maximum Gasteiger partial charge on any atom is 0.249 e. The molecule has 0 aliphatic carbocycles. The zero-order chi connectivity index (χ0) is 11.7. The largest absolute Gasteiger partial charge is 0.368 e. The predicted molar refractivity (Wildman–Crippen MR) is 63.9 cm³/mol. The molecule has 1 aliphatic heterocycles. The number of nitrogens with zero attached hydrogens (tertiary/aromatic N) is 2. The number of hydrogen-bond acceptors (Lipinski definition) is 4. The summed E-state index contributed by atoms with van der Waals surface area (Å²) in [7, 11) is 0.